The summed E-state index contributed by atoms with van der Waals surface area (Å²) in [6.45, 7) is 3.03. The summed E-state index contributed by atoms with van der Waals surface area (Å²) in [6, 6.07) is 9.46. The molecular weight excluding hydrogens is 216 g/mol. The van der Waals surface area contributed by atoms with Crippen LogP contribution in [0, 0.1) is 5.92 Å². The van der Waals surface area contributed by atoms with Gasteiger partial charge in [-0.05, 0) is 25.5 Å². The number of anilines is 1. The van der Waals surface area contributed by atoms with E-state index >= 15 is 0 Å². The SMILES string of the molecule is CCNC(=O)C1CCN(c2ccccc2)C1=O. The molecule has 90 valence electrons. The Morgan fingerprint density at radius 2 is 2.12 bits per heavy atom. The fourth-order valence-corrected chi connectivity index (χ4v) is 2.08. The van der Waals surface area contributed by atoms with Crippen LogP contribution in [0.1, 0.15) is 13.3 Å². The lowest BCUT2D eigenvalue weighted by molar-refractivity contribution is -0.132. The predicted octanol–water partition coefficient (Wildman–Crippen LogP) is 1.18. The maximum atomic E-state index is 12.1. The third-order valence-corrected chi connectivity index (χ3v) is 2.94. The van der Waals surface area contributed by atoms with Gasteiger partial charge in [0, 0.05) is 18.8 Å². The predicted molar refractivity (Wildman–Crippen MR) is 65.6 cm³/mol. The molecular formula is C13H16N2O2. The minimum atomic E-state index is -0.518. The van der Waals surface area contributed by atoms with E-state index in [2.05, 4.69) is 5.32 Å². The molecule has 1 fully saturated rings. The van der Waals surface area contributed by atoms with Crippen LogP contribution in [0.15, 0.2) is 30.3 Å². The lowest BCUT2D eigenvalue weighted by Crippen LogP contribution is -2.36. The van der Waals surface area contributed by atoms with Crippen molar-refractivity contribution in [2.45, 2.75) is 13.3 Å². The highest BCUT2D eigenvalue weighted by atomic mass is 16.2. The largest absolute Gasteiger partial charge is 0.356 e. The molecule has 4 heteroatoms. The second kappa shape index (κ2) is 4.99. The summed E-state index contributed by atoms with van der Waals surface area (Å²) in [5, 5.41) is 2.70. The van der Waals surface area contributed by atoms with Gasteiger partial charge in [-0.1, -0.05) is 18.2 Å². The normalized spacial score (nSPS) is 19.5. The summed E-state index contributed by atoms with van der Waals surface area (Å²) in [7, 11) is 0. The van der Waals surface area contributed by atoms with Crippen molar-refractivity contribution in [3.8, 4) is 0 Å². The molecule has 1 aliphatic rings. The van der Waals surface area contributed by atoms with Crippen LogP contribution in [0.3, 0.4) is 0 Å². The van der Waals surface area contributed by atoms with Gasteiger partial charge in [-0.3, -0.25) is 9.59 Å². The Labute approximate surface area is 101 Å². The van der Waals surface area contributed by atoms with Crippen LogP contribution in [-0.4, -0.2) is 24.9 Å². The highest BCUT2D eigenvalue weighted by molar-refractivity contribution is 6.09. The Morgan fingerprint density at radius 3 is 2.76 bits per heavy atom. The van der Waals surface area contributed by atoms with Crippen LogP contribution >= 0.6 is 0 Å². The Morgan fingerprint density at radius 1 is 1.41 bits per heavy atom. The number of rotatable bonds is 3. The molecule has 4 nitrogen and oxygen atoms in total. The first-order chi connectivity index (χ1) is 8.24. The molecule has 1 atom stereocenters. The molecule has 0 bridgehead atoms. The van der Waals surface area contributed by atoms with Crippen LogP contribution in [0.25, 0.3) is 0 Å². The third-order valence-electron chi connectivity index (χ3n) is 2.94. The van der Waals surface area contributed by atoms with Crippen molar-refractivity contribution in [1.82, 2.24) is 5.32 Å². The summed E-state index contributed by atoms with van der Waals surface area (Å²) in [5.41, 5.74) is 0.865. The second-order valence-corrected chi connectivity index (χ2v) is 4.06. The molecule has 1 aliphatic heterocycles. The summed E-state index contributed by atoms with van der Waals surface area (Å²) in [5.74, 6) is -0.770. The van der Waals surface area contributed by atoms with Gasteiger partial charge in [-0.15, -0.1) is 0 Å². The molecule has 1 aromatic rings. The fraction of sp³-hybridized carbons (Fsp3) is 0.385. The molecule has 0 radical (unpaired) electrons. The third kappa shape index (κ3) is 2.30. The van der Waals surface area contributed by atoms with Crippen LogP contribution in [-0.2, 0) is 9.59 Å². The number of hydrogen-bond donors (Lipinski definition) is 1. The van der Waals surface area contributed by atoms with Crippen molar-refractivity contribution in [1.29, 1.82) is 0 Å². The van der Waals surface area contributed by atoms with E-state index in [0.717, 1.165) is 5.69 Å². The Kier molecular flexibility index (Phi) is 3.42. The van der Waals surface area contributed by atoms with Crippen molar-refractivity contribution >= 4 is 17.5 Å². The molecule has 0 aliphatic carbocycles. The zero-order valence-electron chi connectivity index (χ0n) is 9.85. The van der Waals surface area contributed by atoms with Crippen molar-refractivity contribution < 1.29 is 9.59 Å². The topological polar surface area (TPSA) is 49.4 Å². The van der Waals surface area contributed by atoms with Crippen LogP contribution in [0.4, 0.5) is 5.69 Å². The van der Waals surface area contributed by atoms with Gasteiger partial charge < -0.3 is 10.2 Å². The fourth-order valence-electron chi connectivity index (χ4n) is 2.08. The first-order valence-electron chi connectivity index (χ1n) is 5.88. The molecule has 2 amide bonds. The maximum Gasteiger partial charge on any atom is 0.239 e. The highest BCUT2D eigenvalue weighted by Gasteiger charge is 2.37. The van der Waals surface area contributed by atoms with Gasteiger partial charge in [0.25, 0.3) is 0 Å². The van der Waals surface area contributed by atoms with Gasteiger partial charge in [0.15, 0.2) is 0 Å². The molecule has 0 spiro atoms. The smallest absolute Gasteiger partial charge is 0.239 e. The van der Waals surface area contributed by atoms with Crippen molar-refractivity contribution in [2.24, 2.45) is 5.92 Å². The first-order valence-corrected chi connectivity index (χ1v) is 5.88. The second-order valence-electron chi connectivity index (χ2n) is 4.06. The molecule has 1 unspecified atom stereocenters. The molecule has 0 aromatic heterocycles. The summed E-state index contributed by atoms with van der Waals surface area (Å²) in [4.78, 5) is 25.4. The Hall–Kier alpha value is -1.84. The zero-order valence-corrected chi connectivity index (χ0v) is 9.85. The maximum absolute atomic E-state index is 12.1. The van der Waals surface area contributed by atoms with E-state index in [1.165, 1.54) is 0 Å². The van der Waals surface area contributed by atoms with Gasteiger partial charge >= 0.3 is 0 Å². The molecule has 1 N–H and O–H groups in total. The molecule has 0 saturated carbocycles. The van der Waals surface area contributed by atoms with E-state index < -0.39 is 5.92 Å². The summed E-state index contributed by atoms with van der Waals surface area (Å²) < 4.78 is 0. The quantitative estimate of drug-likeness (QED) is 0.795. The van der Waals surface area contributed by atoms with Gasteiger partial charge in [-0.2, -0.15) is 0 Å². The van der Waals surface area contributed by atoms with E-state index in [-0.39, 0.29) is 11.8 Å². The van der Waals surface area contributed by atoms with E-state index in [9.17, 15) is 9.59 Å². The van der Waals surface area contributed by atoms with E-state index in [1.807, 2.05) is 37.3 Å². The number of carbonyl (C=O) groups excluding carboxylic acids is 2. The number of para-hydroxylation sites is 1. The summed E-state index contributed by atoms with van der Waals surface area (Å²) in [6.07, 6.45) is 0.597. The van der Waals surface area contributed by atoms with Gasteiger partial charge in [0.1, 0.15) is 5.92 Å². The van der Waals surface area contributed by atoms with Crippen molar-refractivity contribution in [3.05, 3.63) is 30.3 Å². The molecule has 1 heterocycles. The average Bonchev–Trinajstić information content (AvgIpc) is 2.72. The number of nitrogens with one attached hydrogen (secondary N) is 1. The molecule has 1 saturated heterocycles. The van der Waals surface area contributed by atoms with Crippen LogP contribution in [0.2, 0.25) is 0 Å². The lowest BCUT2D eigenvalue weighted by atomic mass is 10.1. The monoisotopic (exact) mass is 232 g/mol. The molecule has 17 heavy (non-hydrogen) atoms. The number of carbonyl (C=O) groups is 2. The first kappa shape index (κ1) is 11.6. The number of benzene rings is 1. The number of amides is 2. The van der Waals surface area contributed by atoms with Gasteiger partial charge in [0.05, 0.1) is 0 Å². The van der Waals surface area contributed by atoms with Crippen LogP contribution in [0.5, 0.6) is 0 Å². The van der Waals surface area contributed by atoms with E-state index in [1.54, 1.807) is 4.90 Å². The summed E-state index contributed by atoms with van der Waals surface area (Å²) >= 11 is 0. The lowest BCUT2D eigenvalue weighted by Gasteiger charge is -2.16. The van der Waals surface area contributed by atoms with Gasteiger partial charge in [-0.25, -0.2) is 0 Å². The Balaban J connectivity index is 2.10. The highest BCUT2D eigenvalue weighted by Crippen LogP contribution is 2.24. The van der Waals surface area contributed by atoms with Gasteiger partial charge in [0.2, 0.25) is 11.8 Å². The average molecular weight is 232 g/mol. The number of hydrogen-bond acceptors (Lipinski definition) is 2. The van der Waals surface area contributed by atoms with Crippen molar-refractivity contribution in [3.63, 3.8) is 0 Å². The molecule has 2 rings (SSSR count). The number of nitrogens with zero attached hydrogens (tertiary/aromatic N) is 1. The van der Waals surface area contributed by atoms with E-state index in [0.29, 0.717) is 19.5 Å². The Bertz CT molecular complexity index is 417. The minimum absolute atomic E-state index is 0.0952. The van der Waals surface area contributed by atoms with E-state index in [4.69, 9.17) is 0 Å². The molecule has 1 aromatic carbocycles. The zero-order chi connectivity index (χ0) is 12.3. The minimum Gasteiger partial charge on any atom is -0.356 e. The van der Waals surface area contributed by atoms with Crippen LogP contribution < -0.4 is 10.2 Å². The van der Waals surface area contributed by atoms with Crippen molar-refractivity contribution in [2.75, 3.05) is 18.0 Å². The standard InChI is InChI=1S/C13H16N2O2/c1-2-14-12(16)11-8-9-15(13(11)17)10-6-4-3-5-7-10/h3-7,11H,2,8-9H2,1H3,(H,14,16).